The Morgan fingerprint density at radius 2 is 1.85 bits per heavy atom. The molecular weight excluding hydrogens is 344 g/mol. The Bertz CT molecular complexity index is 694. The molecule has 0 saturated heterocycles. The van der Waals surface area contributed by atoms with Gasteiger partial charge < -0.3 is 23.7 Å². The minimum absolute atomic E-state index is 0.0290. The second-order valence-electron chi connectivity index (χ2n) is 7.71. The number of ether oxygens (including phenoxy) is 5. The van der Waals surface area contributed by atoms with Crippen LogP contribution in [0.3, 0.4) is 0 Å². The Balaban J connectivity index is 2.04. The molecule has 3 atom stereocenters. The third-order valence-electron chi connectivity index (χ3n) is 5.46. The molecular formula is C22H32O5. The second kappa shape index (κ2) is 8.21. The molecule has 0 saturated carbocycles. The Labute approximate surface area is 162 Å². The van der Waals surface area contributed by atoms with Gasteiger partial charge in [-0.3, -0.25) is 0 Å². The van der Waals surface area contributed by atoms with Crippen LogP contribution >= 0.6 is 0 Å². The highest BCUT2D eigenvalue weighted by Crippen LogP contribution is 2.49. The summed E-state index contributed by atoms with van der Waals surface area (Å²) in [6, 6.07) is 4.17. The summed E-state index contributed by atoms with van der Waals surface area (Å²) in [5.74, 6) is 1.58. The molecule has 0 radical (unpaired) electrons. The quantitative estimate of drug-likeness (QED) is 0.615. The van der Waals surface area contributed by atoms with E-state index >= 15 is 0 Å². The molecule has 0 unspecified atom stereocenters. The number of benzene rings is 1. The van der Waals surface area contributed by atoms with Gasteiger partial charge in [0.15, 0.2) is 11.9 Å². The van der Waals surface area contributed by atoms with Crippen molar-refractivity contribution < 1.29 is 23.7 Å². The van der Waals surface area contributed by atoms with E-state index in [-0.39, 0.29) is 12.2 Å². The summed E-state index contributed by atoms with van der Waals surface area (Å²) in [6.45, 7) is 6.20. The Morgan fingerprint density at radius 1 is 1.07 bits per heavy atom. The van der Waals surface area contributed by atoms with Crippen molar-refractivity contribution in [3.63, 3.8) is 0 Å². The molecule has 1 aromatic rings. The highest BCUT2D eigenvalue weighted by molar-refractivity contribution is 5.67. The number of hydrogen-bond acceptors (Lipinski definition) is 5. The maximum atomic E-state index is 6.37. The third kappa shape index (κ3) is 3.73. The molecule has 0 aliphatic carbocycles. The van der Waals surface area contributed by atoms with Crippen LogP contribution in [0.1, 0.15) is 75.5 Å². The molecule has 5 nitrogen and oxygen atoms in total. The third-order valence-corrected chi connectivity index (χ3v) is 5.46. The van der Waals surface area contributed by atoms with E-state index in [2.05, 4.69) is 19.1 Å². The number of rotatable bonds is 7. The lowest BCUT2D eigenvalue weighted by Crippen LogP contribution is -2.37. The second-order valence-corrected chi connectivity index (χ2v) is 7.71. The standard InChI is InChI=1S/C22H32O5/c1-7-8-9-10-16-20(24-5)15-12-11-14-13-17(23-4)22(2,3)27-19(14)18(15)21(25-6)26-16/h11-13,16,20-21H,7-10H2,1-6H3/t16-,20-,21+/m1/s1. The summed E-state index contributed by atoms with van der Waals surface area (Å²) < 4.78 is 29.8. The van der Waals surface area contributed by atoms with Gasteiger partial charge in [0, 0.05) is 19.8 Å². The Hall–Kier alpha value is -1.56. The fraction of sp³-hybridized carbons (Fsp3) is 0.636. The van der Waals surface area contributed by atoms with Crippen LogP contribution in [0.2, 0.25) is 0 Å². The largest absolute Gasteiger partial charge is 0.497 e. The lowest BCUT2D eigenvalue weighted by Gasteiger charge is -2.41. The van der Waals surface area contributed by atoms with Crippen LogP contribution in [0.4, 0.5) is 0 Å². The minimum Gasteiger partial charge on any atom is -0.497 e. The molecule has 0 amide bonds. The van der Waals surface area contributed by atoms with Gasteiger partial charge in [-0.15, -0.1) is 0 Å². The van der Waals surface area contributed by atoms with Crippen LogP contribution in [0, 0.1) is 0 Å². The number of fused-ring (bicyclic) bond motifs is 3. The molecule has 2 heterocycles. The molecule has 150 valence electrons. The SMILES string of the molecule is CCCCC[C@H]1O[C@H](OC)c2c(ccc3c2OC(C)(C)C(OC)=C3)[C@H]1OC. The van der Waals surface area contributed by atoms with Crippen molar-refractivity contribution in [2.45, 2.75) is 70.6 Å². The van der Waals surface area contributed by atoms with Crippen molar-refractivity contribution >= 4 is 6.08 Å². The van der Waals surface area contributed by atoms with Gasteiger partial charge in [-0.1, -0.05) is 38.3 Å². The van der Waals surface area contributed by atoms with Gasteiger partial charge >= 0.3 is 0 Å². The van der Waals surface area contributed by atoms with Gasteiger partial charge in [0.2, 0.25) is 0 Å². The molecule has 3 rings (SSSR count). The van der Waals surface area contributed by atoms with Crippen molar-refractivity contribution in [2.75, 3.05) is 21.3 Å². The zero-order valence-electron chi connectivity index (χ0n) is 17.3. The normalized spacial score (nSPS) is 25.9. The van der Waals surface area contributed by atoms with E-state index in [1.54, 1.807) is 21.3 Å². The van der Waals surface area contributed by atoms with E-state index < -0.39 is 11.9 Å². The van der Waals surface area contributed by atoms with E-state index in [0.717, 1.165) is 41.0 Å². The molecule has 5 heteroatoms. The summed E-state index contributed by atoms with van der Waals surface area (Å²) in [5, 5.41) is 0. The predicted octanol–water partition coefficient (Wildman–Crippen LogP) is 5.16. The smallest absolute Gasteiger partial charge is 0.187 e. The lowest BCUT2D eigenvalue weighted by molar-refractivity contribution is -0.206. The molecule has 27 heavy (non-hydrogen) atoms. The molecule has 2 aliphatic rings. The number of unbranched alkanes of at least 4 members (excludes halogenated alkanes) is 2. The predicted molar refractivity (Wildman–Crippen MR) is 105 cm³/mol. The van der Waals surface area contributed by atoms with E-state index in [1.165, 1.54) is 12.8 Å². The van der Waals surface area contributed by atoms with Crippen LogP contribution in [0.25, 0.3) is 6.08 Å². The average Bonchev–Trinajstić information content (AvgIpc) is 2.65. The monoisotopic (exact) mass is 376 g/mol. The van der Waals surface area contributed by atoms with Crippen molar-refractivity contribution in [3.05, 3.63) is 34.6 Å². The van der Waals surface area contributed by atoms with Crippen LogP contribution < -0.4 is 4.74 Å². The highest BCUT2D eigenvalue weighted by Gasteiger charge is 2.41. The first-order chi connectivity index (χ1) is 13.0. The van der Waals surface area contributed by atoms with E-state index in [9.17, 15) is 0 Å². The van der Waals surface area contributed by atoms with Crippen molar-refractivity contribution in [1.82, 2.24) is 0 Å². The molecule has 1 aromatic carbocycles. The van der Waals surface area contributed by atoms with E-state index in [1.807, 2.05) is 19.9 Å². The van der Waals surface area contributed by atoms with Gasteiger partial charge in [0.25, 0.3) is 0 Å². The fourth-order valence-electron chi connectivity index (χ4n) is 4.04. The van der Waals surface area contributed by atoms with Gasteiger partial charge in [0.05, 0.1) is 18.8 Å². The van der Waals surface area contributed by atoms with E-state index in [0.29, 0.717) is 0 Å². The Morgan fingerprint density at radius 3 is 2.48 bits per heavy atom. The number of hydrogen-bond donors (Lipinski definition) is 0. The van der Waals surface area contributed by atoms with Crippen LogP contribution in [-0.4, -0.2) is 33.0 Å². The van der Waals surface area contributed by atoms with Crippen LogP contribution in [0.5, 0.6) is 5.75 Å². The highest BCUT2D eigenvalue weighted by atomic mass is 16.7. The minimum atomic E-state index is -0.560. The molecule has 0 bridgehead atoms. The zero-order valence-corrected chi connectivity index (χ0v) is 17.3. The summed E-state index contributed by atoms with van der Waals surface area (Å²) in [7, 11) is 5.09. The van der Waals surface area contributed by atoms with Crippen molar-refractivity contribution in [2.24, 2.45) is 0 Å². The van der Waals surface area contributed by atoms with E-state index in [4.69, 9.17) is 23.7 Å². The first-order valence-electron chi connectivity index (χ1n) is 9.79. The van der Waals surface area contributed by atoms with Gasteiger partial charge in [-0.25, -0.2) is 0 Å². The molecule has 0 aromatic heterocycles. The molecule has 0 fully saturated rings. The average molecular weight is 376 g/mol. The first kappa shape index (κ1) is 20.2. The summed E-state index contributed by atoms with van der Waals surface area (Å²) in [5.41, 5.74) is 2.42. The van der Waals surface area contributed by atoms with Gasteiger partial charge in [-0.05, 0) is 31.9 Å². The maximum Gasteiger partial charge on any atom is 0.187 e. The Kier molecular flexibility index (Phi) is 6.14. The zero-order chi connectivity index (χ0) is 19.6. The number of methoxy groups -OCH3 is 3. The molecule has 0 spiro atoms. The van der Waals surface area contributed by atoms with Gasteiger partial charge in [0.1, 0.15) is 17.6 Å². The summed E-state index contributed by atoms with van der Waals surface area (Å²) in [4.78, 5) is 0. The van der Waals surface area contributed by atoms with Crippen molar-refractivity contribution in [3.8, 4) is 5.75 Å². The molecule has 0 N–H and O–H groups in total. The van der Waals surface area contributed by atoms with Crippen LogP contribution in [-0.2, 0) is 18.9 Å². The van der Waals surface area contributed by atoms with Crippen molar-refractivity contribution in [1.29, 1.82) is 0 Å². The summed E-state index contributed by atoms with van der Waals surface area (Å²) >= 11 is 0. The topological polar surface area (TPSA) is 46.2 Å². The van der Waals surface area contributed by atoms with Gasteiger partial charge in [-0.2, -0.15) is 0 Å². The maximum absolute atomic E-state index is 6.37. The van der Waals surface area contributed by atoms with Crippen LogP contribution in [0.15, 0.2) is 17.9 Å². The summed E-state index contributed by atoms with van der Waals surface area (Å²) in [6.07, 6.45) is 5.82. The lowest BCUT2D eigenvalue weighted by atomic mass is 9.88. The fourth-order valence-corrected chi connectivity index (χ4v) is 4.04. The first-order valence-corrected chi connectivity index (χ1v) is 9.79. The molecule has 2 aliphatic heterocycles.